The van der Waals surface area contributed by atoms with Crippen LogP contribution in [0.4, 0.5) is 8.78 Å². The van der Waals surface area contributed by atoms with Gasteiger partial charge in [0.15, 0.2) is 17.4 Å². The van der Waals surface area contributed by atoms with Gasteiger partial charge in [-0.1, -0.05) is 0 Å². The van der Waals surface area contributed by atoms with Crippen LogP contribution in [0.1, 0.15) is 17.3 Å². The van der Waals surface area contributed by atoms with Gasteiger partial charge in [-0.3, -0.25) is 13.9 Å². The van der Waals surface area contributed by atoms with E-state index in [1.165, 1.54) is 21.4 Å². The molecular formula is C13H12F2N2O2. The normalized spacial score (nSPS) is 10.7. The van der Waals surface area contributed by atoms with Gasteiger partial charge in [0.1, 0.15) is 0 Å². The van der Waals surface area contributed by atoms with E-state index in [9.17, 15) is 18.4 Å². The molecule has 2 rings (SSSR count). The highest BCUT2D eigenvalue weighted by Gasteiger charge is 2.12. The van der Waals surface area contributed by atoms with E-state index in [1.54, 1.807) is 6.20 Å². The second-order valence-corrected chi connectivity index (χ2v) is 4.05. The fourth-order valence-electron chi connectivity index (χ4n) is 1.73. The van der Waals surface area contributed by atoms with Gasteiger partial charge in [-0.15, -0.1) is 0 Å². The van der Waals surface area contributed by atoms with Gasteiger partial charge < -0.3 is 0 Å². The molecule has 0 aliphatic carbocycles. The molecule has 0 saturated carbocycles. The molecule has 0 N–H and O–H groups in total. The van der Waals surface area contributed by atoms with Crippen molar-refractivity contribution < 1.29 is 13.6 Å². The number of ketones is 1. The number of aromatic nitrogens is 2. The maximum atomic E-state index is 13.0. The minimum Gasteiger partial charge on any atom is -0.300 e. The molecular weight excluding hydrogens is 254 g/mol. The average molecular weight is 266 g/mol. The van der Waals surface area contributed by atoms with E-state index < -0.39 is 17.4 Å². The van der Waals surface area contributed by atoms with Crippen LogP contribution in [0.15, 0.2) is 35.4 Å². The predicted octanol–water partition coefficient (Wildman–Crippen LogP) is 1.83. The Morgan fingerprint density at radius 2 is 1.84 bits per heavy atom. The molecule has 0 aliphatic rings. The van der Waals surface area contributed by atoms with E-state index in [0.29, 0.717) is 6.54 Å². The molecule has 0 bridgehead atoms. The zero-order chi connectivity index (χ0) is 14.0. The topological polar surface area (TPSA) is 44.0 Å². The Kier molecular flexibility index (Phi) is 3.59. The average Bonchev–Trinajstić information content (AvgIpc) is 2.73. The molecule has 1 heterocycles. The van der Waals surface area contributed by atoms with Crippen molar-refractivity contribution in [3.8, 4) is 0 Å². The summed E-state index contributed by atoms with van der Waals surface area (Å²) in [5.41, 5.74) is -0.270. The summed E-state index contributed by atoms with van der Waals surface area (Å²) in [7, 11) is 0. The van der Waals surface area contributed by atoms with Gasteiger partial charge >= 0.3 is 5.69 Å². The van der Waals surface area contributed by atoms with Crippen LogP contribution in [0.3, 0.4) is 0 Å². The maximum Gasteiger partial charge on any atom is 0.328 e. The molecule has 0 radical (unpaired) electrons. The molecule has 1 aromatic heterocycles. The van der Waals surface area contributed by atoms with Crippen LogP contribution in [0.5, 0.6) is 0 Å². The number of Topliss-reactive ketones (excluding diaryl/α,β-unsaturated/α-hetero) is 1. The summed E-state index contributed by atoms with van der Waals surface area (Å²) in [5, 5.41) is 0. The van der Waals surface area contributed by atoms with Crippen LogP contribution in [-0.2, 0) is 13.1 Å². The largest absolute Gasteiger partial charge is 0.328 e. The smallest absolute Gasteiger partial charge is 0.300 e. The van der Waals surface area contributed by atoms with E-state index in [1.807, 2.05) is 6.92 Å². The number of rotatable bonds is 4. The van der Waals surface area contributed by atoms with Crippen molar-refractivity contribution in [2.75, 3.05) is 0 Å². The monoisotopic (exact) mass is 266 g/mol. The van der Waals surface area contributed by atoms with Crippen molar-refractivity contribution in [2.45, 2.75) is 20.0 Å². The van der Waals surface area contributed by atoms with Crippen molar-refractivity contribution in [2.24, 2.45) is 0 Å². The standard InChI is InChI=1S/C13H12F2N2O2/c1-2-16-5-6-17(13(16)19)8-12(18)9-3-4-10(14)11(15)7-9/h3-7H,2,8H2,1H3. The van der Waals surface area contributed by atoms with Crippen LogP contribution in [0.25, 0.3) is 0 Å². The Morgan fingerprint density at radius 3 is 2.42 bits per heavy atom. The van der Waals surface area contributed by atoms with Gasteiger partial charge in [-0.05, 0) is 25.1 Å². The van der Waals surface area contributed by atoms with Gasteiger partial charge in [0.25, 0.3) is 0 Å². The number of halogens is 2. The van der Waals surface area contributed by atoms with Gasteiger partial charge in [-0.25, -0.2) is 13.6 Å². The van der Waals surface area contributed by atoms with E-state index >= 15 is 0 Å². The van der Waals surface area contributed by atoms with Gasteiger partial charge in [0, 0.05) is 24.5 Å². The molecule has 0 saturated heterocycles. The lowest BCUT2D eigenvalue weighted by Gasteiger charge is -2.02. The quantitative estimate of drug-likeness (QED) is 0.792. The predicted molar refractivity (Wildman–Crippen MR) is 65.1 cm³/mol. The number of hydrogen-bond donors (Lipinski definition) is 0. The third-order valence-electron chi connectivity index (χ3n) is 2.81. The summed E-state index contributed by atoms with van der Waals surface area (Å²) in [6, 6.07) is 2.92. The fourth-order valence-corrected chi connectivity index (χ4v) is 1.73. The van der Waals surface area contributed by atoms with E-state index in [-0.39, 0.29) is 17.8 Å². The SMILES string of the molecule is CCn1ccn(CC(=O)c2ccc(F)c(F)c2)c1=O. The summed E-state index contributed by atoms with van der Waals surface area (Å²) in [6.07, 6.45) is 3.06. The number of aryl methyl sites for hydroxylation is 1. The summed E-state index contributed by atoms with van der Waals surface area (Å²) < 4.78 is 28.4. The lowest BCUT2D eigenvalue weighted by Crippen LogP contribution is -2.26. The van der Waals surface area contributed by atoms with Crippen molar-refractivity contribution in [1.29, 1.82) is 0 Å². The Bertz CT molecular complexity index is 674. The molecule has 19 heavy (non-hydrogen) atoms. The van der Waals surface area contributed by atoms with Crippen molar-refractivity contribution in [1.82, 2.24) is 9.13 Å². The minimum absolute atomic E-state index is 0.0371. The molecule has 100 valence electrons. The lowest BCUT2D eigenvalue weighted by molar-refractivity contribution is 0.0970. The third kappa shape index (κ3) is 2.62. The number of carbonyl (C=O) groups excluding carboxylic acids is 1. The minimum atomic E-state index is -1.08. The van der Waals surface area contributed by atoms with Gasteiger partial charge in [0.2, 0.25) is 0 Å². The molecule has 0 aliphatic heterocycles. The molecule has 0 spiro atoms. The highest BCUT2D eigenvalue weighted by molar-refractivity contribution is 5.95. The zero-order valence-electron chi connectivity index (χ0n) is 10.3. The fraction of sp³-hybridized carbons (Fsp3) is 0.231. The number of nitrogens with zero attached hydrogens (tertiary/aromatic N) is 2. The Hall–Kier alpha value is -2.24. The number of benzene rings is 1. The van der Waals surface area contributed by atoms with Crippen LogP contribution in [0.2, 0.25) is 0 Å². The van der Waals surface area contributed by atoms with Crippen molar-refractivity contribution in [3.63, 3.8) is 0 Å². The van der Waals surface area contributed by atoms with E-state index in [2.05, 4.69) is 0 Å². The van der Waals surface area contributed by atoms with Gasteiger partial charge in [-0.2, -0.15) is 0 Å². The molecule has 0 unspecified atom stereocenters. The molecule has 4 nitrogen and oxygen atoms in total. The first-order valence-electron chi connectivity index (χ1n) is 5.76. The summed E-state index contributed by atoms with van der Waals surface area (Å²) in [4.78, 5) is 23.6. The molecule has 0 amide bonds. The van der Waals surface area contributed by atoms with Crippen molar-refractivity contribution in [3.05, 3.63) is 58.3 Å². The van der Waals surface area contributed by atoms with E-state index in [0.717, 1.165) is 12.1 Å². The number of carbonyl (C=O) groups is 1. The molecule has 0 fully saturated rings. The Balaban J connectivity index is 2.23. The van der Waals surface area contributed by atoms with Crippen LogP contribution >= 0.6 is 0 Å². The molecule has 2 aromatic rings. The van der Waals surface area contributed by atoms with Crippen LogP contribution < -0.4 is 5.69 Å². The van der Waals surface area contributed by atoms with Crippen LogP contribution in [-0.4, -0.2) is 14.9 Å². The van der Waals surface area contributed by atoms with Gasteiger partial charge in [0.05, 0.1) is 6.54 Å². The van der Waals surface area contributed by atoms with E-state index in [4.69, 9.17) is 0 Å². The first-order valence-corrected chi connectivity index (χ1v) is 5.76. The highest BCUT2D eigenvalue weighted by Crippen LogP contribution is 2.09. The second-order valence-electron chi connectivity index (χ2n) is 4.05. The summed E-state index contributed by atoms with van der Waals surface area (Å²) in [5.74, 6) is -2.54. The highest BCUT2D eigenvalue weighted by atomic mass is 19.2. The number of imidazole rings is 1. The summed E-state index contributed by atoms with van der Waals surface area (Å²) in [6.45, 7) is 2.12. The first kappa shape index (κ1) is 13.2. The molecule has 1 aromatic carbocycles. The first-order chi connectivity index (χ1) is 9.02. The van der Waals surface area contributed by atoms with Crippen molar-refractivity contribution >= 4 is 5.78 Å². The maximum absolute atomic E-state index is 13.0. The molecule has 6 heteroatoms. The zero-order valence-corrected chi connectivity index (χ0v) is 10.3. The number of hydrogen-bond acceptors (Lipinski definition) is 2. The van der Waals surface area contributed by atoms with Crippen LogP contribution in [0, 0.1) is 11.6 Å². The Morgan fingerprint density at radius 1 is 1.16 bits per heavy atom. The second kappa shape index (κ2) is 5.17. The summed E-state index contributed by atoms with van der Waals surface area (Å²) >= 11 is 0. The molecule has 0 atom stereocenters. The Labute approximate surface area is 107 Å². The lowest BCUT2D eigenvalue weighted by atomic mass is 10.1. The third-order valence-corrected chi connectivity index (χ3v) is 2.81.